The van der Waals surface area contributed by atoms with Crippen LogP contribution < -0.4 is 0 Å². The van der Waals surface area contributed by atoms with Crippen LogP contribution in [-0.2, 0) is 9.53 Å². The number of rotatable bonds is 6. The van der Waals surface area contributed by atoms with Crippen molar-refractivity contribution in [2.45, 2.75) is 59.4 Å². The van der Waals surface area contributed by atoms with Crippen LogP contribution in [0.3, 0.4) is 0 Å². The molecule has 104 valence electrons. The second-order valence-electron chi connectivity index (χ2n) is 5.60. The van der Waals surface area contributed by atoms with Crippen LogP contribution in [0, 0.1) is 11.8 Å². The van der Waals surface area contributed by atoms with E-state index in [1.54, 1.807) is 0 Å². The molecule has 0 aromatic rings. The van der Waals surface area contributed by atoms with Crippen molar-refractivity contribution in [2.24, 2.45) is 11.8 Å². The summed E-state index contributed by atoms with van der Waals surface area (Å²) in [6, 6.07) is -0.0941. The fourth-order valence-electron chi connectivity index (χ4n) is 2.26. The molecular weight excluding hydrogens is 230 g/mol. The molecule has 4 nitrogen and oxygen atoms in total. The number of hydrogen-bond donors (Lipinski definition) is 0. The van der Waals surface area contributed by atoms with Crippen molar-refractivity contribution in [3.8, 4) is 0 Å². The standard InChI is InChI=1S/C14H25NO3/c1-5-6-7-11(4)8-13(16)15-12(10(2)3)9-18-14(15)17/h10-12H,5-9H2,1-4H3/t11?,12-/m0/s1. The van der Waals surface area contributed by atoms with Gasteiger partial charge in [-0.2, -0.15) is 0 Å². The van der Waals surface area contributed by atoms with Crippen molar-refractivity contribution in [1.29, 1.82) is 0 Å². The third-order valence-corrected chi connectivity index (χ3v) is 3.52. The summed E-state index contributed by atoms with van der Waals surface area (Å²) in [7, 11) is 0. The first kappa shape index (κ1) is 15.0. The number of hydrogen-bond acceptors (Lipinski definition) is 3. The van der Waals surface area contributed by atoms with E-state index >= 15 is 0 Å². The molecule has 0 aromatic carbocycles. The van der Waals surface area contributed by atoms with Crippen LogP contribution in [0.5, 0.6) is 0 Å². The molecule has 18 heavy (non-hydrogen) atoms. The van der Waals surface area contributed by atoms with Crippen LogP contribution in [0.25, 0.3) is 0 Å². The second-order valence-corrected chi connectivity index (χ2v) is 5.60. The summed E-state index contributed by atoms with van der Waals surface area (Å²) in [4.78, 5) is 25.1. The molecule has 0 bridgehead atoms. The maximum absolute atomic E-state index is 12.2. The van der Waals surface area contributed by atoms with E-state index < -0.39 is 6.09 Å². The number of carbonyl (C=O) groups excluding carboxylic acids is 2. The summed E-state index contributed by atoms with van der Waals surface area (Å²) in [5, 5.41) is 0. The topological polar surface area (TPSA) is 46.6 Å². The highest BCUT2D eigenvalue weighted by molar-refractivity contribution is 5.93. The highest BCUT2D eigenvalue weighted by Crippen LogP contribution is 2.22. The van der Waals surface area contributed by atoms with E-state index in [0.717, 1.165) is 19.3 Å². The molecule has 0 N–H and O–H groups in total. The smallest absolute Gasteiger partial charge is 0.416 e. The number of cyclic esters (lactones) is 1. The molecule has 0 aliphatic carbocycles. The van der Waals surface area contributed by atoms with E-state index in [2.05, 4.69) is 13.8 Å². The highest BCUT2D eigenvalue weighted by atomic mass is 16.6. The van der Waals surface area contributed by atoms with Gasteiger partial charge in [0.1, 0.15) is 6.61 Å². The molecule has 1 aliphatic heterocycles. The Balaban J connectivity index is 2.56. The number of nitrogens with zero attached hydrogens (tertiary/aromatic N) is 1. The van der Waals surface area contributed by atoms with Crippen molar-refractivity contribution >= 4 is 12.0 Å². The van der Waals surface area contributed by atoms with Gasteiger partial charge in [-0.05, 0) is 11.8 Å². The van der Waals surface area contributed by atoms with E-state index in [9.17, 15) is 9.59 Å². The van der Waals surface area contributed by atoms with Crippen molar-refractivity contribution in [3.05, 3.63) is 0 Å². The van der Waals surface area contributed by atoms with Crippen LogP contribution in [0.4, 0.5) is 4.79 Å². The van der Waals surface area contributed by atoms with Gasteiger partial charge in [-0.25, -0.2) is 9.69 Å². The highest BCUT2D eigenvalue weighted by Gasteiger charge is 2.39. The largest absolute Gasteiger partial charge is 0.447 e. The predicted molar refractivity (Wildman–Crippen MR) is 70.1 cm³/mol. The van der Waals surface area contributed by atoms with Gasteiger partial charge in [0.25, 0.3) is 0 Å². The Morgan fingerprint density at radius 3 is 2.67 bits per heavy atom. The van der Waals surface area contributed by atoms with E-state index in [1.165, 1.54) is 4.90 Å². The molecule has 2 atom stereocenters. The molecule has 1 aliphatic rings. The molecule has 0 saturated carbocycles. The van der Waals surface area contributed by atoms with Gasteiger partial charge in [0.15, 0.2) is 0 Å². The number of imide groups is 1. The first-order chi connectivity index (χ1) is 8.47. The summed E-state index contributed by atoms with van der Waals surface area (Å²) in [5.74, 6) is 0.491. The van der Waals surface area contributed by atoms with Gasteiger partial charge < -0.3 is 4.74 Å². The zero-order valence-electron chi connectivity index (χ0n) is 11.9. The quantitative estimate of drug-likeness (QED) is 0.732. The number of unbranched alkanes of at least 4 members (excludes halogenated alkanes) is 1. The molecule has 1 rings (SSSR count). The molecule has 1 heterocycles. The number of amides is 2. The van der Waals surface area contributed by atoms with Crippen LogP contribution in [0.2, 0.25) is 0 Å². The Morgan fingerprint density at radius 1 is 1.44 bits per heavy atom. The van der Waals surface area contributed by atoms with Gasteiger partial charge in [0.05, 0.1) is 6.04 Å². The SMILES string of the molecule is CCCCC(C)CC(=O)N1C(=O)OC[C@H]1C(C)C. The predicted octanol–water partition coefficient (Wildman–Crippen LogP) is 3.21. The van der Waals surface area contributed by atoms with Gasteiger partial charge in [-0.1, -0.05) is 47.0 Å². The maximum Gasteiger partial charge on any atom is 0.416 e. The van der Waals surface area contributed by atoms with E-state index in [4.69, 9.17) is 4.74 Å². The zero-order chi connectivity index (χ0) is 13.7. The molecule has 0 aromatic heterocycles. The van der Waals surface area contributed by atoms with Gasteiger partial charge in [0.2, 0.25) is 5.91 Å². The summed E-state index contributed by atoms with van der Waals surface area (Å²) in [6.45, 7) is 8.56. The molecule has 1 unspecified atom stereocenters. The average Bonchev–Trinajstić information content (AvgIpc) is 2.68. The molecule has 1 fully saturated rings. The lowest BCUT2D eigenvalue weighted by Crippen LogP contribution is -2.42. The number of ether oxygens (including phenoxy) is 1. The first-order valence-corrected chi connectivity index (χ1v) is 6.96. The summed E-state index contributed by atoms with van der Waals surface area (Å²) in [5.41, 5.74) is 0. The van der Waals surface area contributed by atoms with Crippen molar-refractivity contribution in [2.75, 3.05) is 6.61 Å². The molecule has 1 saturated heterocycles. The van der Waals surface area contributed by atoms with Gasteiger partial charge in [-0.15, -0.1) is 0 Å². The molecule has 4 heteroatoms. The van der Waals surface area contributed by atoms with Crippen LogP contribution >= 0.6 is 0 Å². The second kappa shape index (κ2) is 6.76. The van der Waals surface area contributed by atoms with E-state index in [1.807, 2.05) is 13.8 Å². The Labute approximate surface area is 110 Å². The monoisotopic (exact) mass is 255 g/mol. The summed E-state index contributed by atoms with van der Waals surface area (Å²) in [6.07, 6.45) is 3.28. The summed E-state index contributed by atoms with van der Waals surface area (Å²) < 4.78 is 4.99. The van der Waals surface area contributed by atoms with Crippen LogP contribution in [0.1, 0.15) is 53.4 Å². The number of carbonyl (C=O) groups is 2. The van der Waals surface area contributed by atoms with Gasteiger partial charge >= 0.3 is 6.09 Å². The Kier molecular flexibility index (Phi) is 5.63. The molecule has 0 spiro atoms. The lowest BCUT2D eigenvalue weighted by molar-refractivity contribution is -0.130. The molecular formula is C14H25NO3. The van der Waals surface area contributed by atoms with E-state index in [-0.39, 0.29) is 17.9 Å². The normalized spacial score (nSPS) is 21.3. The Bertz CT molecular complexity index is 301. The van der Waals surface area contributed by atoms with Gasteiger partial charge in [-0.3, -0.25) is 4.79 Å². The zero-order valence-corrected chi connectivity index (χ0v) is 11.9. The van der Waals surface area contributed by atoms with Crippen molar-refractivity contribution in [1.82, 2.24) is 4.90 Å². The lowest BCUT2D eigenvalue weighted by atomic mass is 9.98. The third kappa shape index (κ3) is 3.72. The minimum Gasteiger partial charge on any atom is -0.447 e. The first-order valence-electron chi connectivity index (χ1n) is 6.96. The van der Waals surface area contributed by atoms with Gasteiger partial charge in [0, 0.05) is 6.42 Å². The Morgan fingerprint density at radius 2 is 2.11 bits per heavy atom. The minimum atomic E-state index is -0.471. The van der Waals surface area contributed by atoms with Crippen LogP contribution in [0.15, 0.2) is 0 Å². The molecule has 2 amide bonds. The maximum atomic E-state index is 12.2. The third-order valence-electron chi connectivity index (χ3n) is 3.52. The van der Waals surface area contributed by atoms with Crippen molar-refractivity contribution in [3.63, 3.8) is 0 Å². The lowest BCUT2D eigenvalue weighted by Gasteiger charge is -2.23. The summed E-state index contributed by atoms with van der Waals surface area (Å²) >= 11 is 0. The minimum absolute atomic E-state index is 0.0835. The van der Waals surface area contributed by atoms with Crippen LogP contribution in [-0.4, -0.2) is 29.5 Å². The Hall–Kier alpha value is -1.06. The average molecular weight is 255 g/mol. The van der Waals surface area contributed by atoms with E-state index in [0.29, 0.717) is 18.9 Å². The fourth-order valence-corrected chi connectivity index (χ4v) is 2.26. The fraction of sp³-hybridized carbons (Fsp3) is 0.857. The molecule has 0 radical (unpaired) electrons. The van der Waals surface area contributed by atoms with Crippen molar-refractivity contribution < 1.29 is 14.3 Å².